The minimum Gasteiger partial charge on any atom is -0.478 e. The summed E-state index contributed by atoms with van der Waals surface area (Å²) in [7, 11) is 0. The van der Waals surface area contributed by atoms with Crippen molar-refractivity contribution in [2.75, 3.05) is 0 Å². The molecular weight excluding hydrogens is 242 g/mol. The Morgan fingerprint density at radius 2 is 1.56 bits per heavy atom. The second-order valence-electron chi connectivity index (χ2n) is 3.05. The Bertz CT molecular complexity index is 514. The summed E-state index contributed by atoms with van der Waals surface area (Å²) < 4.78 is 0. The van der Waals surface area contributed by atoms with Crippen molar-refractivity contribution in [2.45, 2.75) is 4.90 Å². The Labute approximate surface area is 143 Å². The Morgan fingerprint density at radius 3 is 2.19 bits per heavy atom. The largest absolute Gasteiger partial charge is 0.478 e. The Morgan fingerprint density at radius 1 is 1.00 bits per heavy atom. The quantitative estimate of drug-likeness (QED) is 0.600. The zero-order chi connectivity index (χ0) is 10.1. The van der Waals surface area contributed by atoms with Gasteiger partial charge in [-0.1, -0.05) is 12.1 Å². The number of hydrogen-bond donors (Lipinski definition) is 2. The molecule has 2 aromatic carbocycles. The molecule has 72 valence electrons. The molecule has 0 fully saturated rings. The first-order valence-electron chi connectivity index (χ1n) is 4.13. The van der Waals surface area contributed by atoms with Crippen LogP contribution in [0.4, 0.5) is 0 Å². The molecule has 0 amide bonds. The van der Waals surface area contributed by atoms with Crippen LogP contribution >= 0.6 is 12.6 Å². The fourth-order valence-corrected chi connectivity index (χ4v) is 1.58. The van der Waals surface area contributed by atoms with Crippen LogP contribution in [0.25, 0.3) is 10.8 Å². The van der Waals surface area contributed by atoms with E-state index in [0.29, 0.717) is 5.56 Å². The summed E-state index contributed by atoms with van der Waals surface area (Å²) in [5, 5.41) is 10.7. The summed E-state index contributed by atoms with van der Waals surface area (Å²) in [6.07, 6.45) is 0. The van der Waals surface area contributed by atoms with Crippen molar-refractivity contribution in [3.05, 3.63) is 42.0 Å². The summed E-state index contributed by atoms with van der Waals surface area (Å²) >= 11 is 4.21. The normalized spacial score (nSPS) is 9.06. The van der Waals surface area contributed by atoms with Crippen LogP contribution in [-0.2, 0) is 0 Å². The van der Waals surface area contributed by atoms with Gasteiger partial charge in [-0.05, 0) is 35.0 Å². The summed E-state index contributed by atoms with van der Waals surface area (Å²) in [4.78, 5) is 11.6. The topological polar surface area (TPSA) is 37.3 Å². The Hall–Kier alpha value is 0.520. The molecule has 0 spiro atoms. The predicted molar refractivity (Wildman–Crippen MR) is 69.7 cm³/mol. The summed E-state index contributed by atoms with van der Waals surface area (Å²) in [6, 6.07) is 10.7. The van der Waals surface area contributed by atoms with E-state index in [0.717, 1.165) is 15.7 Å². The van der Waals surface area contributed by atoms with Crippen molar-refractivity contribution in [3.63, 3.8) is 0 Å². The fourth-order valence-electron chi connectivity index (χ4n) is 1.37. The van der Waals surface area contributed by atoms with E-state index in [1.807, 2.05) is 18.2 Å². The number of fused-ring (bicyclic) bond motifs is 1. The SMILES string of the molecule is O=C(O)c1ccc2cc(S)ccc2c1.[Na].[Na]. The van der Waals surface area contributed by atoms with Crippen LogP contribution in [-0.4, -0.2) is 70.2 Å². The van der Waals surface area contributed by atoms with Gasteiger partial charge >= 0.3 is 5.97 Å². The van der Waals surface area contributed by atoms with Crippen LogP contribution in [0.15, 0.2) is 41.3 Å². The summed E-state index contributed by atoms with van der Waals surface area (Å²) in [5.41, 5.74) is 0.310. The van der Waals surface area contributed by atoms with Crippen molar-refractivity contribution in [1.29, 1.82) is 0 Å². The molecule has 0 aliphatic rings. The number of carboxylic acids is 1. The average Bonchev–Trinajstić information content (AvgIpc) is 2.16. The molecule has 5 heteroatoms. The molecule has 0 bridgehead atoms. The van der Waals surface area contributed by atoms with Gasteiger partial charge in [-0.25, -0.2) is 4.79 Å². The predicted octanol–water partition coefficient (Wildman–Crippen LogP) is 2.07. The molecule has 2 rings (SSSR count). The first-order chi connectivity index (χ1) is 6.66. The van der Waals surface area contributed by atoms with Crippen molar-refractivity contribution in [2.24, 2.45) is 0 Å². The average molecular weight is 250 g/mol. The van der Waals surface area contributed by atoms with E-state index in [9.17, 15) is 4.79 Å². The number of thiol groups is 1. The van der Waals surface area contributed by atoms with Gasteiger partial charge in [0.05, 0.1) is 5.56 Å². The number of hydrogen-bond acceptors (Lipinski definition) is 2. The van der Waals surface area contributed by atoms with E-state index < -0.39 is 5.97 Å². The van der Waals surface area contributed by atoms with E-state index in [2.05, 4.69) is 12.6 Å². The molecule has 0 aliphatic carbocycles. The molecule has 0 saturated carbocycles. The number of carboxylic acid groups (broad SMARTS) is 1. The van der Waals surface area contributed by atoms with Crippen LogP contribution in [0.3, 0.4) is 0 Å². The van der Waals surface area contributed by atoms with E-state index in [1.54, 1.807) is 18.2 Å². The van der Waals surface area contributed by atoms with Gasteiger partial charge in [0.1, 0.15) is 0 Å². The standard InChI is InChI=1S/C11H8O2S.2Na/c12-11(13)9-2-1-8-6-10(14)4-3-7(8)5-9;;/h1-6,14H,(H,12,13);;. The number of carbonyl (C=O) groups is 1. The first kappa shape index (κ1) is 16.5. The number of aromatic carboxylic acids is 1. The molecule has 2 radical (unpaired) electrons. The van der Waals surface area contributed by atoms with Crippen molar-refractivity contribution in [3.8, 4) is 0 Å². The van der Waals surface area contributed by atoms with Crippen molar-refractivity contribution < 1.29 is 9.90 Å². The molecule has 0 aliphatic heterocycles. The molecule has 2 nitrogen and oxygen atoms in total. The zero-order valence-electron chi connectivity index (χ0n) is 9.27. The zero-order valence-corrected chi connectivity index (χ0v) is 14.2. The third kappa shape index (κ3) is 3.77. The van der Waals surface area contributed by atoms with E-state index in [-0.39, 0.29) is 59.1 Å². The first-order valence-corrected chi connectivity index (χ1v) is 4.57. The maximum atomic E-state index is 10.7. The molecule has 1 N–H and O–H groups in total. The van der Waals surface area contributed by atoms with Crippen LogP contribution in [0.2, 0.25) is 0 Å². The minimum atomic E-state index is -0.901. The van der Waals surface area contributed by atoms with Gasteiger partial charge in [0.15, 0.2) is 0 Å². The van der Waals surface area contributed by atoms with Gasteiger partial charge in [0.2, 0.25) is 0 Å². The third-order valence-electron chi connectivity index (χ3n) is 2.07. The van der Waals surface area contributed by atoms with E-state index in [1.165, 1.54) is 0 Å². The molecule has 0 heterocycles. The molecule has 0 unspecified atom stereocenters. The molecule has 0 atom stereocenters. The Balaban J connectivity index is 0.00000112. The van der Waals surface area contributed by atoms with Gasteiger partial charge in [-0.2, -0.15) is 0 Å². The van der Waals surface area contributed by atoms with Crippen molar-refractivity contribution >= 4 is 88.5 Å². The van der Waals surface area contributed by atoms with Crippen molar-refractivity contribution in [1.82, 2.24) is 0 Å². The second-order valence-corrected chi connectivity index (χ2v) is 3.57. The van der Waals surface area contributed by atoms with Crippen LogP contribution < -0.4 is 0 Å². The monoisotopic (exact) mass is 250 g/mol. The smallest absolute Gasteiger partial charge is 0.335 e. The fraction of sp³-hybridized carbons (Fsp3) is 0. The number of rotatable bonds is 1. The van der Waals surface area contributed by atoms with Crippen LogP contribution in [0, 0.1) is 0 Å². The van der Waals surface area contributed by atoms with E-state index >= 15 is 0 Å². The summed E-state index contributed by atoms with van der Waals surface area (Å²) in [5.74, 6) is -0.901. The van der Waals surface area contributed by atoms with Gasteiger partial charge in [-0.3, -0.25) is 0 Å². The van der Waals surface area contributed by atoms with E-state index in [4.69, 9.17) is 5.11 Å². The Kier molecular flexibility index (Phi) is 7.30. The third-order valence-corrected chi connectivity index (χ3v) is 2.35. The molecule has 2 aromatic rings. The van der Waals surface area contributed by atoms with Gasteiger partial charge < -0.3 is 5.11 Å². The second kappa shape index (κ2) is 7.07. The van der Waals surface area contributed by atoms with Crippen LogP contribution in [0.5, 0.6) is 0 Å². The van der Waals surface area contributed by atoms with Crippen LogP contribution in [0.1, 0.15) is 10.4 Å². The van der Waals surface area contributed by atoms with Gasteiger partial charge in [-0.15, -0.1) is 12.6 Å². The maximum absolute atomic E-state index is 10.7. The maximum Gasteiger partial charge on any atom is 0.335 e. The molecule has 16 heavy (non-hydrogen) atoms. The number of benzene rings is 2. The van der Waals surface area contributed by atoms with Gasteiger partial charge in [0.25, 0.3) is 0 Å². The molecular formula is C11H8Na2O2S. The molecule has 0 saturated heterocycles. The molecule has 0 aromatic heterocycles. The van der Waals surface area contributed by atoms with Gasteiger partial charge in [0, 0.05) is 64.0 Å². The minimum absolute atomic E-state index is 0. The summed E-state index contributed by atoms with van der Waals surface area (Å²) in [6.45, 7) is 0.